The average Bonchev–Trinajstić information content (AvgIpc) is 2.77. The van der Waals surface area contributed by atoms with Crippen molar-refractivity contribution >= 4 is 30.4 Å². The average molecular weight is 349 g/mol. The Bertz CT molecular complexity index is 487. The molecule has 0 amide bonds. The van der Waals surface area contributed by atoms with Gasteiger partial charge in [-0.25, -0.2) is 0 Å². The van der Waals surface area contributed by atoms with Gasteiger partial charge in [-0.15, -0.1) is 24.8 Å². The number of rotatable bonds is 5. The van der Waals surface area contributed by atoms with Gasteiger partial charge in [0.25, 0.3) is 0 Å². The fourth-order valence-electron chi connectivity index (χ4n) is 2.28. The Labute approximate surface area is 146 Å². The van der Waals surface area contributed by atoms with E-state index in [1.165, 1.54) is 22.3 Å². The molecule has 2 rings (SSSR count). The van der Waals surface area contributed by atoms with Crippen molar-refractivity contribution in [3.05, 3.63) is 53.1 Å². The van der Waals surface area contributed by atoms with Crippen LogP contribution in [-0.2, 0) is 30.7 Å². The molecular weight excluding hydrogens is 329 g/mol. The number of nitrogens with zero attached hydrogens (tertiary/aromatic N) is 1. The summed E-state index contributed by atoms with van der Waals surface area (Å²) >= 11 is 1.75. The zero-order chi connectivity index (χ0) is 13.0. The molecule has 0 aromatic heterocycles. The number of hydrogen-bond acceptors (Lipinski definition) is 2. The van der Waals surface area contributed by atoms with Crippen molar-refractivity contribution in [2.45, 2.75) is 13.0 Å². The topological polar surface area (TPSA) is 12.5 Å². The van der Waals surface area contributed by atoms with Crippen LogP contribution in [0.1, 0.15) is 17.5 Å². The first-order valence-electron chi connectivity index (χ1n) is 6.12. The fraction of sp³-hybridized carbons (Fsp3) is 0.333. The van der Waals surface area contributed by atoms with E-state index in [2.05, 4.69) is 55.4 Å². The van der Waals surface area contributed by atoms with Gasteiger partial charge in [-0.05, 0) is 0 Å². The molecular formula is C15H20Cl2NOTi. The van der Waals surface area contributed by atoms with Crippen LogP contribution in [0, 0.1) is 0 Å². The molecule has 20 heavy (non-hydrogen) atoms. The molecule has 0 bridgehead atoms. The van der Waals surface area contributed by atoms with Gasteiger partial charge in [0.1, 0.15) is 0 Å². The van der Waals surface area contributed by atoms with E-state index in [4.69, 9.17) is 3.32 Å². The predicted molar refractivity (Wildman–Crippen MR) is 85.0 cm³/mol. The van der Waals surface area contributed by atoms with Crippen molar-refractivity contribution < 1.29 is 24.1 Å². The molecule has 0 saturated heterocycles. The van der Waals surface area contributed by atoms with E-state index in [-0.39, 0.29) is 24.8 Å². The minimum atomic E-state index is 0. The van der Waals surface area contributed by atoms with Crippen molar-refractivity contribution in [3.63, 3.8) is 0 Å². The van der Waals surface area contributed by atoms with Crippen LogP contribution in [0.15, 0.2) is 42.0 Å². The Morgan fingerprint density at radius 1 is 1.20 bits per heavy atom. The summed E-state index contributed by atoms with van der Waals surface area (Å²) in [5.41, 5.74) is 5.40. The van der Waals surface area contributed by atoms with Crippen LogP contribution in [-0.4, -0.2) is 25.5 Å². The summed E-state index contributed by atoms with van der Waals surface area (Å²) < 4.78 is 5.27. The number of halogens is 2. The first-order valence-corrected chi connectivity index (χ1v) is 6.75. The molecule has 0 radical (unpaired) electrons. The zero-order valence-corrected chi connectivity index (χ0v) is 15.0. The molecule has 1 aliphatic rings. The second kappa shape index (κ2) is 9.78. The maximum atomic E-state index is 5.27. The van der Waals surface area contributed by atoms with Gasteiger partial charge in [-0.1, -0.05) is 0 Å². The summed E-state index contributed by atoms with van der Waals surface area (Å²) in [7, 11) is 4.21. The van der Waals surface area contributed by atoms with Gasteiger partial charge in [-0.2, -0.15) is 0 Å². The summed E-state index contributed by atoms with van der Waals surface area (Å²) in [6.45, 7) is 1.69. The van der Waals surface area contributed by atoms with Crippen molar-refractivity contribution in [3.8, 4) is 0 Å². The Kier molecular flexibility index (Phi) is 9.74. The standard InChI is InChI=1S/C15H18NO.2ClH.Ti/c1-16(2)10-12-7-8-13(9-12)15-6-4-3-5-14(15)11-17;;;/h3-7,9H,8,10-11H2,1-2H3;2*1H;/q-1;;;+1. The molecule has 0 atom stereocenters. The van der Waals surface area contributed by atoms with E-state index >= 15 is 0 Å². The normalized spacial score (nSPS) is 13.3. The van der Waals surface area contributed by atoms with E-state index in [0.29, 0.717) is 6.61 Å². The quantitative estimate of drug-likeness (QED) is 0.751. The van der Waals surface area contributed by atoms with Crippen molar-refractivity contribution in [2.75, 3.05) is 20.6 Å². The molecule has 0 spiro atoms. The summed E-state index contributed by atoms with van der Waals surface area (Å²) in [6, 6.07) is 8.50. The Morgan fingerprint density at radius 3 is 2.55 bits per heavy atom. The molecule has 0 aliphatic heterocycles. The summed E-state index contributed by atoms with van der Waals surface area (Å²) in [5, 5.41) is 0. The minimum absolute atomic E-state index is 0. The molecule has 0 fully saturated rings. The first-order chi connectivity index (χ1) is 8.70. The summed E-state index contributed by atoms with van der Waals surface area (Å²) in [6.07, 6.45) is 5.66. The SMILES string of the molecule is CN(C)CC1=CCC(c2ccccc2C[O][Ti])=C1.Cl.Cl. The van der Waals surface area contributed by atoms with Gasteiger partial charge in [0, 0.05) is 0 Å². The summed E-state index contributed by atoms with van der Waals surface area (Å²) in [4.78, 5) is 2.20. The van der Waals surface area contributed by atoms with Crippen LogP contribution < -0.4 is 0 Å². The molecule has 0 N–H and O–H groups in total. The van der Waals surface area contributed by atoms with Crippen LogP contribution in [0.5, 0.6) is 0 Å². The number of allylic oxidation sites excluding steroid dienone is 2. The van der Waals surface area contributed by atoms with Crippen LogP contribution in [0.4, 0.5) is 0 Å². The molecule has 2 nitrogen and oxygen atoms in total. The van der Waals surface area contributed by atoms with Crippen LogP contribution >= 0.6 is 24.8 Å². The van der Waals surface area contributed by atoms with E-state index in [9.17, 15) is 0 Å². The molecule has 0 heterocycles. The molecule has 109 valence electrons. The minimum Gasteiger partial charge on any atom is -0.147 e. The van der Waals surface area contributed by atoms with Crippen LogP contribution in [0.25, 0.3) is 5.57 Å². The summed E-state index contributed by atoms with van der Waals surface area (Å²) in [5.74, 6) is 0. The Hall–Kier alpha value is -0.0857. The Morgan fingerprint density at radius 2 is 1.90 bits per heavy atom. The second-order valence-corrected chi connectivity index (χ2v) is 5.29. The van der Waals surface area contributed by atoms with Gasteiger partial charge < -0.3 is 0 Å². The first kappa shape index (κ1) is 19.9. The fourth-order valence-corrected chi connectivity index (χ4v) is 2.53. The van der Waals surface area contributed by atoms with E-state index in [1.54, 1.807) is 20.8 Å². The van der Waals surface area contributed by atoms with Gasteiger partial charge >= 0.3 is 121 Å². The van der Waals surface area contributed by atoms with Crippen molar-refractivity contribution in [1.29, 1.82) is 0 Å². The van der Waals surface area contributed by atoms with Gasteiger partial charge in [0.2, 0.25) is 0 Å². The molecule has 1 aromatic rings. The van der Waals surface area contributed by atoms with Crippen LogP contribution in [0.2, 0.25) is 0 Å². The molecule has 0 unspecified atom stereocenters. The van der Waals surface area contributed by atoms with Gasteiger partial charge in [-0.3, -0.25) is 0 Å². The van der Waals surface area contributed by atoms with Gasteiger partial charge in [0.15, 0.2) is 0 Å². The predicted octanol–water partition coefficient (Wildman–Crippen LogP) is 3.78. The molecule has 1 aliphatic carbocycles. The van der Waals surface area contributed by atoms with Crippen molar-refractivity contribution in [2.24, 2.45) is 0 Å². The Balaban J connectivity index is 0.00000180. The smallest absolute Gasteiger partial charge is 0.147 e. The van der Waals surface area contributed by atoms with Crippen molar-refractivity contribution in [1.82, 2.24) is 4.90 Å². The third-order valence-electron chi connectivity index (χ3n) is 3.03. The van der Waals surface area contributed by atoms with E-state index in [0.717, 1.165) is 13.0 Å². The maximum absolute atomic E-state index is 5.27. The largest absolute Gasteiger partial charge is 0.147 e. The van der Waals surface area contributed by atoms with Crippen LogP contribution in [0.3, 0.4) is 0 Å². The zero-order valence-electron chi connectivity index (χ0n) is 11.8. The third-order valence-corrected chi connectivity index (χ3v) is 3.26. The molecule has 1 aromatic carbocycles. The van der Waals surface area contributed by atoms with E-state index < -0.39 is 0 Å². The van der Waals surface area contributed by atoms with Gasteiger partial charge in [0.05, 0.1) is 0 Å². The number of hydrogen-bond donors (Lipinski definition) is 0. The molecule has 0 saturated carbocycles. The maximum Gasteiger partial charge on any atom is -0.147 e. The number of benzene rings is 1. The number of likely N-dealkylation sites (N-methyl/N-ethyl adjacent to an activating group) is 1. The second-order valence-electron chi connectivity index (χ2n) is 4.84. The van der Waals surface area contributed by atoms with E-state index in [1.807, 2.05) is 0 Å². The monoisotopic (exact) mass is 348 g/mol. The molecule has 5 heteroatoms. The third kappa shape index (κ3) is 5.36.